The molecule has 212 valence electrons. The van der Waals surface area contributed by atoms with Crippen LogP contribution < -0.4 is 5.32 Å². The Bertz CT molecular complexity index is 1010. The zero-order valence-corrected chi connectivity index (χ0v) is 21.8. The molecule has 3 aliphatic rings. The molecule has 20 heteroatoms. The smallest absolute Gasteiger partial charge is 0.394 e. The molecule has 0 radical (unpaired) electrons. The quantitative estimate of drug-likeness (QED) is 0.0967. The maximum atomic E-state index is 12.3. The van der Waals surface area contributed by atoms with Crippen LogP contribution in [0.2, 0.25) is 0 Å². The summed E-state index contributed by atoms with van der Waals surface area (Å²) in [6.07, 6.45) is -11.2. The number of aliphatic hydroxyl groups is 5. The highest BCUT2D eigenvalue weighted by molar-refractivity contribution is 7.81. The van der Waals surface area contributed by atoms with E-state index in [9.17, 15) is 49.2 Å². The number of phosphoric ester groups is 2. The number of hydrogen-bond donors (Lipinski definition) is 9. The van der Waals surface area contributed by atoms with Crippen LogP contribution in [0.4, 0.5) is 0 Å². The highest BCUT2D eigenvalue weighted by atomic mass is 32.1. The van der Waals surface area contributed by atoms with E-state index >= 15 is 0 Å². The van der Waals surface area contributed by atoms with E-state index in [2.05, 4.69) is 37.9 Å². The molecule has 0 saturated carbocycles. The van der Waals surface area contributed by atoms with Crippen molar-refractivity contribution in [1.82, 2.24) is 10.2 Å². The summed E-state index contributed by atoms with van der Waals surface area (Å²) in [7, 11) is -10.8. The van der Waals surface area contributed by atoms with Crippen LogP contribution in [0.15, 0.2) is 24.2 Å². The van der Waals surface area contributed by atoms with E-state index in [1.54, 1.807) is 0 Å². The van der Waals surface area contributed by atoms with Crippen molar-refractivity contribution >= 4 is 34.2 Å². The van der Waals surface area contributed by atoms with E-state index < -0.39 is 89.2 Å². The number of aliphatic hydroxyl groups excluding tert-OH is 5. The molecule has 3 aliphatic heterocycles. The van der Waals surface area contributed by atoms with Gasteiger partial charge in [0, 0.05) is 11.8 Å². The highest BCUT2D eigenvalue weighted by Crippen LogP contribution is 2.61. The average Bonchev–Trinajstić information content (AvgIpc) is 3.08. The van der Waals surface area contributed by atoms with Gasteiger partial charge >= 0.3 is 15.6 Å². The number of amides is 1. The zero-order valence-electron chi connectivity index (χ0n) is 19.1. The third kappa shape index (κ3) is 7.00. The first-order valence-corrected chi connectivity index (χ1v) is 14.1. The lowest BCUT2D eigenvalue weighted by atomic mass is 10.0. The molecule has 2 fully saturated rings. The number of hydrogen-bond acceptors (Lipinski definition) is 15. The van der Waals surface area contributed by atoms with Gasteiger partial charge in [-0.1, -0.05) is 6.58 Å². The van der Waals surface area contributed by atoms with Gasteiger partial charge in [0.25, 0.3) is 5.91 Å². The topological polar surface area (TPSA) is 254 Å². The van der Waals surface area contributed by atoms with Gasteiger partial charge in [0.05, 0.1) is 24.6 Å². The lowest BCUT2D eigenvalue weighted by Gasteiger charge is -2.40. The lowest BCUT2D eigenvalue weighted by Crippen LogP contribution is -2.57. The fourth-order valence-electron chi connectivity index (χ4n) is 3.59. The maximum Gasteiger partial charge on any atom is 0.483 e. The third-order valence-corrected chi connectivity index (χ3v) is 8.71. The minimum atomic E-state index is -5.45. The Hall–Kier alpha value is -0.920. The highest BCUT2D eigenvalue weighted by Gasteiger charge is 2.50. The number of thiol groups is 1. The molecular weight excluding hydrogens is 566 g/mol. The Labute approximate surface area is 215 Å². The van der Waals surface area contributed by atoms with E-state index in [1.807, 2.05) is 0 Å². The fraction of sp³-hybridized carbons (Fsp3) is 0.706. The lowest BCUT2D eigenvalue weighted by molar-refractivity contribution is -0.228. The Balaban J connectivity index is 1.60. The van der Waals surface area contributed by atoms with Crippen LogP contribution in [0, 0.1) is 0 Å². The first kappa shape index (κ1) is 30.6. The van der Waals surface area contributed by atoms with Gasteiger partial charge in [0.15, 0.2) is 12.5 Å². The summed E-state index contributed by atoms with van der Waals surface area (Å²) in [4.78, 5) is 32.7. The van der Waals surface area contributed by atoms with Gasteiger partial charge in [0.2, 0.25) is 0 Å². The Morgan fingerprint density at radius 1 is 1.08 bits per heavy atom. The second-order valence-electron chi connectivity index (χ2n) is 8.28. The van der Waals surface area contributed by atoms with Gasteiger partial charge in [-0.05, 0) is 6.92 Å². The summed E-state index contributed by atoms with van der Waals surface area (Å²) >= 11 is 3.90. The van der Waals surface area contributed by atoms with Crippen LogP contribution >= 0.6 is 28.3 Å². The summed E-state index contributed by atoms with van der Waals surface area (Å²) < 4.78 is 48.5. The van der Waals surface area contributed by atoms with Crippen molar-refractivity contribution in [1.29, 1.82) is 0 Å². The number of nitrogens with one attached hydrogen (secondary N) is 1. The van der Waals surface area contributed by atoms with Crippen LogP contribution in [-0.2, 0) is 36.8 Å². The number of carbonyl (C=O) groups excluding carboxylic acids is 1. The fourth-order valence-corrected chi connectivity index (χ4v) is 6.16. The van der Waals surface area contributed by atoms with Crippen LogP contribution in [0.5, 0.6) is 0 Å². The SMILES string of the molecule is C=C1NC(=O)C(C)=CN1[C@@H]1O[C@H](COP(=O)(O)OP(=O)(O)O[C@H]2OC(CO)[C@@H](O)[C@H](O)C2S)C(O)[C@@H]1O. The molecule has 17 nitrogen and oxygen atoms in total. The molecule has 0 spiro atoms. The molecule has 3 rings (SSSR count). The van der Waals surface area contributed by atoms with Gasteiger partial charge in [-0.15, -0.1) is 0 Å². The predicted octanol–water partition coefficient (Wildman–Crippen LogP) is -2.77. The van der Waals surface area contributed by atoms with Crippen molar-refractivity contribution in [2.24, 2.45) is 0 Å². The Morgan fingerprint density at radius 2 is 1.70 bits per heavy atom. The van der Waals surface area contributed by atoms with Crippen LogP contribution in [-0.4, -0.2) is 114 Å². The van der Waals surface area contributed by atoms with Gasteiger partial charge < -0.3 is 55.0 Å². The summed E-state index contributed by atoms with van der Waals surface area (Å²) in [6.45, 7) is 3.37. The van der Waals surface area contributed by atoms with Crippen molar-refractivity contribution in [2.75, 3.05) is 13.2 Å². The monoisotopic (exact) mass is 594 g/mol. The number of ether oxygens (including phenoxy) is 2. The van der Waals surface area contributed by atoms with Gasteiger partial charge in [-0.25, -0.2) is 9.13 Å². The van der Waals surface area contributed by atoms with E-state index in [0.29, 0.717) is 0 Å². The van der Waals surface area contributed by atoms with Crippen LogP contribution in [0.3, 0.4) is 0 Å². The third-order valence-electron chi connectivity index (χ3n) is 5.57. The number of carbonyl (C=O) groups is 1. The summed E-state index contributed by atoms with van der Waals surface area (Å²) in [5.74, 6) is -0.417. The minimum Gasteiger partial charge on any atom is -0.394 e. The second kappa shape index (κ2) is 11.7. The van der Waals surface area contributed by atoms with Gasteiger partial charge in [-0.2, -0.15) is 16.9 Å². The maximum absolute atomic E-state index is 12.3. The number of rotatable bonds is 9. The van der Waals surface area contributed by atoms with Crippen molar-refractivity contribution in [3.8, 4) is 0 Å². The number of nitrogens with zero attached hydrogens (tertiary/aromatic N) is 1. The molecule has 5 unspecified atom stereocenters. The van der Waals surface area contributed by atoms with Crippen LogP contribution in [0.1, 0.15) is 6.92 Å². The number of phosphoric acid groups is 2. The molecule has 37 heavy (non-hydrogen) atoms. The van der Waals surface area contributed by atoms with E-state index in [4.69, 9.17) is 9.47 Å². The second-order valence-corrected chi connectivity index (χ2v) is 11.9. The predicted molar refractivity (Wildman–Crippen MR) is 122 cm³/mol. The molecule has 0 aromatic heterocycles. The summed E-state index contributed by atoms with van der Waals surface area (Å²) in [6, 6.07) is 0. The minimum absolute atomic E-state index is 0.0245. The standard InChI is InChI=1S/C17H28N2O15P2S/c1-6-3-19(7(2)18-15(6)25)16-13(24)11(22)9(31-16)5-30-35(26,27)34-36(28,29)33-17-14(37)12(23)10(21)8(4-20)32-17/h3,8-14,16-17,20-24,37H,2,4-5H2,1H3,(H,18,25)(H,26,27)(H,28,29)/t8?,9-,10-,11?,12+,13+,14?,16-,17-/m1/s1. The molecule has 0 aliphatic carbocycles. The zero-order chi connectivity index (χ0) is 27.9. The average molecular weight is 594 g/mol. The van der Waals surface area contributed by atoms with E-state index in [1.165, 1.54) is 18.0 Å². The van der Waals surface area contributed by atoms with Crippen molar-refractivity contribution < 1.29 is 72.1 Å². The molecule has 0 bridgehead atoms. The van der Waals surface area contributed by atoms with Crippen molar-refractivity contribution in [3.05, 3.63) is 24.2 Å². The van der Waals surface area contributed by atoms with Crippen molar-refractivity contribution in [2.45, 2.75) is 61.3 Å². The normalized spacial score (nSPS) is 40.1. The molecule has 2 saturated heterocycles. The van der Waals surface area contributed by atoms with Crippen LogP contribution in [0.25, 0.3) is 0 Å². The Morgan fingerprint density at radius 3 is 2.32 bits per heavy atom. The Kier molecular flexibility index (Phi) is 9.66. The molecule has 0 aromatic rings. The van der Waals surface area contributed by atoms with E-state index in [0.717, 1.165) is 0 Å². The molecule has 8 N–H and O–H groups in total. The molecular formula is C17H28N2O15P2S. The molecule has 3 heterocycles. The first-order valence-electron chi connectivity index (χ1n) is 10.6. The van der Waals surface area contributed by atoms with Gasteiger partial charge in [0.1, 0.15) is 36.3 Å². The molecule has 0 aromatic carbocycles. The summed E-state index contributed by atoms with van der Waals surface area (Å²) in [5.41, 5.74) is 0.238. The molecule has 1 amide bonds. The van der Waals surface area contributed by atoms with Gasteiger partial charge in [-0.3, -0.25) is 13.8 Å². The van der Waals surface area contributed by atoms with E-state index in [-0.39, 0.29) is 11.4 Å². The summed E-state index contributed by atoms with van der Waals surface area (Å²) in [5, 5.41) is 50.5. The first-order chi connectivity index (χ1) is 17.1. The van der Waals surface area contributed by atoms with Crippen molar-refractivity contribution in [3.63, 3.8) is 0 Å². The largest absolute Gasteiger partial charge is 0.483 e. The molecule has 11 atom stereocenters.